The van der Waals surface area contributed by atoms with Gasteiger partial charge in [0.1, 0.15) is 5.75 Å². The Kier molecular flexibility index (Phi) is 2.33. The zero-order valence-electron chi connectivity index (χ0n) is 10.1. The van der Waals surface area contributed by atoms with Gasteiger partial charge in [0, 0.05) is 5.56 Å². The molecule has 1 heterocycles. The minimum atomic E-state index is -0.987. The third kappa shape index (κ3) is 1.35. The van der Waals surface area contributed by atoms with Crippen LogP contribution in [0.3, 0.4) is 0 Å². The number of fused-ring (bicyclic) bond motifs is 1. The van der Waals surface area contributed by atoms with Gasteiger partial charge < -0.3 is 15.2 Å². The standard InChI is InChI=1S/C14H15NO3/c1-18-12-4-2-3-11-10(12)7-8-15-14(11,13(16)17)9-5-6-9/h2-4,7-9,15H,5-6H2,1H3,(H,16,17). The van der Waals surface area contributed by atoms with Crippen molar-refractivity contribution in [3.63, 3.8) is 0 Å². The Bertz CT molecular complexity index is 534. The van der Waals surface area contributed by atoms with Crippen molar-refractivity contribution in [3.8, 4) is 5.75 Å². The second kappa shape index (κ2) is 3.77. The van der Waals surface area contributed by atoms with Crippen LogP contribution < -0.4 is 10.1 Å². The molecule has 4 heteroatoms. The number of carboxylic acid groups (broad SMARTS) is 1. The fraction of sp³-hybridized carbons (Fsp3) is 0.357. The minimum absolute atomic E-state index is 0.158. The number of hydrogen-bond donors (Lipinski definition) is 2. The van der Waals surface area contributed by atoms with E-state index < -0.39 is 11.5 Å². The SMILES string of the molecule is COc1cccc2c1C=CNC2(C(=O)O)C1CC1. The number of carboxylic acids is 1. The van der Waals surface area contributed by atoms with Gasteiger partial charge in [0.15, 0.2) is 5.54 Å². The molecule has 3 rings (SSSR count). The molecule has 1 unspecified atom stereocenters. The molecule has 1 aromatic rings. The van der Waals surface area contributed by atoms with E-state index >= 15 is 0 Å². The highest BCUT2D eigenvalue weighted by Gasteiger charge is 2.54. The summed E-state index contributed by atoms with van der Waals surface area (Å²) in [5, 5.41) is 12.7. The van der Waals surface area contributed by atoms with Gasteiger partial charge in [-0.05, 0) is 42.7 Å². The first kappa shape index (κ1) is 11.1. The molecular weight excluding hydrogens is 230 g/mol. The normalized spacial score (nSPS) is 25.2. The van der Waals surface area contributed by atoms with Crippen molar-refractivity contribution < 1.29 is 14.6 Å². The van der Waals surface area contributed by atoms with Gasteiger partial charge in [0.2, 0.25) is 0 Å². The quantitative estimate of drug-likeness (QED) is 0.854. The number of aliphatic carboxylic acids is 1. The molecule has 94 valence electrons. The van der Waals surface area contributed by atoms with Crippen LogP contribution in [0.1, 0.15) is 24.0 Å². The van der Waals surface area contributed by atoms with E-state index in [0.29, 0.717) is 0 Å². The zero-order valence-corrected chi connectivity index (χ0v) is 10.1. The lowest BCUT2D eigenvalue weighted by Crippen LogP contribution is -2.50. The van der Waals surface area contributed by atoms with Crippen molar-refractivity contribution >= 4 is 12.0 Å². The van der Waals surface area contributed by atoms with Crippen molar-refractivity contribution in [2.45, 2.75) is 18.4 Å². The average Bonchev–Trinajstić information content (AvgIpc) is 3.21. The van der Waals surface area contributed by atoms with Gasteiger partial charge in [-0.1, -0.05) is 12.1 Å². The molecule has 0 amide bonds. The van der Waals surface area contributed by atoms with Gasteiger partial charge >= 0.3 is 5.97 Å². The highest BCUT2D eigenvalue weighted by Crippen LogP contribution is 2.49. The van der Waals surface area contributed by atoms with E-state index in [2.05, 4.69) is 5.32 Å². The van der Waals surface area contributed by atoms with Crippen molar-refractivity contribution in [2.24, 2.45) is 5.92 Å². The average molecular weight is 245 g/mol. The predicted molar refractivity (Wildman–Crippen MR) is 67.2 cm³/mol. The highest BCUT2D eigenvalue weighted by molar-refractivity contribution is 5.86. The summed E-state index contributed by atoms with van der Waals surface area (Å²) in [6.07, 6.45) is 5.49. The lowest BCUT2D eigenvalue weighted by molar-refractivity contribution is -0.146. The molecule has 0 bridgehead atoms. The van der Waals surface area contributed by atoms with Crippen LogP contribution in [0.5, 0.6) is 5.75 Å². The molecule has 1 aliphatic heterocycles. The number of nitrogens with one attached hydrogen (secondary N) is 1. The molecule has 2 N–H and O–H groups in total. The van der Waals surface area contributed by atoms with Crippen LogP contribution >= 0.6 is 0 Å². The Morgan fingerprint density at radius 1 is 1.50 bits per heavy atom. The number of ether oxygens (including phenoxy) is 1. The molecule has 4 nitrogen and oxygen atoms in total. The molecule has 18 heavy (non-hydrogen) atoms. The summed E-state index contributed by atoms with van der Waals surface area (Å²) in [6, 6.07) is 5.58. The van der Waals surface area contributed by atoms with Crippen LogP contribution in [-0.4, -0.2) is 18.2 Å². The summed E-state index contributed by atoms with van der Waals surface area (Å²) in [5.74, 6) is 0.0613. The summed E-state index contributed by atoms with van der Waals surface area (Å²) >= 11 is 0. The van der Waals surface area contributed by atoms with Gasteiger partial charge in [-0.25, -0.2) is 4.79 Å². The number of methoxy groups -OCH3 is 1. The van der Waals surface area contributed by atoms with E-state index in [0.717, 1.165) is 29.7 Å². The van der Waals surface area contributed by atoms with E-state index in [9.17, 15) is 9.90 Å². The first-order valence-corrected chi connectivity index (χ1v) is 6.05. The molecular formula is C14H15NO3. The molecule has 0 spiro atoms. The van der Waals surface area contributed by atoms with E-state index in [-0.39, 0.29) is 5.92 Å². The number of hydrogen-bond acceptors (Lipinski definition) is 3. The monoisotopic (exact) mass is 245 g/mol. The number of rotatable bonds is 3. The van der Waals surface area contributed by atoms with E-state index in [1.807, 2.05) is 24.3 Å². The molecule has 1 atom stereocenters. The minimum Gasteiger partial charge on any atom is -0.496 e. The van der Waals surface area contributed by atoms with Gasteiger partial charge in [-0.3, -0.25) is 0 Å². The Morgan fingerprint density at radius 3 is 2.89 bits per heavy atom. The van der Waals surface area contributed by atoms with Crippen LogP contribution in [0.15, 0.2) is 24.4 Å². The summed E-state index contributed by atoms with van der Waals surface area (Å²) in [5.41, 5.74) is 0.686. The highest BCUT2D eigenvalue weighted by atomic mass is 16.5. The summed E-state index contributed by atoms with van der Waals surface area (Å²) in [6.45, 7) is 0. The fourth-order valence-electron chi connectivity index (χ4n) is 2.78. The van der Waals surface area contributed by atoms with Crippen molar-refractivity contribution in [2.75, 3.05) is 7.11 Å². The molecule has 1 fully saturated rings. The van der Waals surface area contributed by atoms with Gasteiger partial charge in [-0.15, -0.1) is 0 Å². The Labute approximate surface area is 105 Å². The molecule has 1 saturated carbocycles. The van der Waals surface area contributed by atoms with Crippen molar-refractivity contribution in [3.05, 3.63) is 35.5 Å². The maximum absolute atomic E-state index is 11.8. The third-order valence-corrected chi connectivity index (χ3v) is 3.80. The Hall–Kier alpha value is -1.97. The van der Waals surface area contributed by atoms with Gasteiger partial charge in [0.05, 0.1) is 7.11 Å². The van der Waals surface area contributed by atoms with Crippen LogP contribution in [0.4, 0.5) is 0 Å². The van der Waals surface area contributed by atoms with Crippen molar-refractivity contribution in [1.29, 1.82) is 0 Å². The van der Waals surface area contributed by atoms with Crippen molar-refractivity contribution in [1.82, 2.24) is 5.32 Å². The summed E-state index contributed by atoms with van der Waals surface area (Å²) in [4.78, 5) is 11.8. The largest absolute Gasteiger partial charge is 0.496 e. The molecule has 0 aromatic heterocycles. The second-order valence-electron chi connectivity index (χ2n) is 4.79. The van der Waals surface area contributed by atoms with Gasteiger partial charge in [-0.2, -0.15) is 0 Å². The van der Waals surface area contributed by atoms with Crippen LogP contribution in [-0.2, 0) is 10.3 Å². The Morgan fingerprint density at radius 2 is 2.28 bits per heavy atom. The number of carbonyl (C=O) groups is 1. The number of benzene rings is 1. The smallest absolute Gasteiger partial charge is 0.334 e. The molecule has 0 radical (unpaired) electrons. The maximum atomic E-state index is 11.8. The van der Waals surface area contributed by atoms with Crippen LogP contribution in [0.25, 0.3) is 6.08 Å². The summed E-state index contributed by atoms with van der Waals surface area (Å²) < 4.78 is 5.31. The molecule has 2 aliphatic rings. The molecule has 1 aliphatic carbocycles. The zero-order chi connectivity index (χ0) is 12.8. The maximum Gasteiger partial charge on any atom is 0.334 e. The first-order chi connectivity index (χ1) is 8.70. The predicted octanol–water partition coefficient (Wildman–Crippen LogP) is 1.96. The Balaban J connectivity index is 2.22. The van der Waals surface area contributed by atoms with Crippen LogP contribution in [0.2, 0.25) is 0 Å². The molecule has 0 saturated heterocycles. The fourth-order valence-corrected chi connectivity index (χ4v) is 2.78. The third-order valence-electron chi connectivity index (χ3n) is 3.80. The van der Waals surface area contributed by atoms with Gasteiger partial charge in [0.25, 0.3) is 0 Å². The van der Waals surface area contributed by atoms with E-state index in [4.69, 9.17) is 4.74 Å². The van der Waals surface area contributed by atoms with E-state index in [1.54, 1.807) is 13.3 Å². The topological polar surface area (TPSA) is 58.6 Å². The lowest BCUT2D eigenvalue weighted by Gasteiger charge is -2.35. The molecule has 1 aromatic carbocycles. The lowest BCUT2D eigenvalue weighted by atomic mass is 9.80. The van der Waals surface area contributed by atoms with Crippen LogP contribution in [0, 0.1) is 5.92 Å². The second-order valence-corrected chi connectivity index (χ2v) is 4.79. The first-order valence-electron chi connectivity index (χ1n) is 6.05. The summed E-state index contributed by atoms with van der Waals surface area (Å²) in [7, 11) is 1.60. The van der Waals surface area contributed by atoms with E-state index in [1.165, 1.54) is 0 Å².